The van der Waals surface area contributed by atoms with Gasteiger partial charge in [-0.1, -0.05) is 71.4 Å². The number of hydrazone groups is 1. The summed E-state index contributed by atoms with van der Waals surface area (Å²) >= 11 is 6.55. The number of nitrogens with zero attached hydrogens (tertiary/aromatic N) is 2. The second-order valence-corrected chi connectivity index (χ2v) is 9.23. The first-order valence-electron chi connectivity index (χ1n) is 12.6. The summed E-state index contributed by atoms with van der Waals surface area (Å²) in [5.41, 5.74) is 7.24. The second kappa shape index (κ2) is 13.4. The average Bonchev–Trinajstić information content (AvgIpc) is 3.37. The van der Waals surface area contributed by atoms with Crippen molar-refractivity contribution in [1.29, 1.82) is 0 Å². The van der Waals surface area contributed by atoms with Gasteiger partial charge in [0.2, 0.25) is 0 Å². The Labute approximate surface area is 217 Å². The van der Waals surface area contributed by atoms with Gasteiger partial charge in [0.25, 0.3) is 0 Å². The summed E-state index contributed by atoms with van der Waals surface area (Å²) in [6, 6.07) is 11.7. The molecule has 5 heteroatoms. The Balaban J connectivity index is 0.000000551. The molecule has 0 saturated heterocycles. The molecule has 0 aromatic heterocycles. The highest BCUT2D eigenvalue weighted by Gasteiger charge is 2.31. The fraction of sp³-hybridized carbons (Fsp3) is 0.433. The van der Waals surface area contributed by atoms with Crippen molar-refractivity contribution in [3.05, 3.63) is 76.0 Å². The highest BCUT2D eigenvalue weighted by Crippen LogP contribution is 2.43. The summed E-state index contributed by atoms with van der Waals surface area (Å²) < 4.78 is 10.9. The molecule has 0 radical (unpaired) electrons. The summed E-state index contributed by atoms with van der Waals surface area (Å²) in [7, 11) is 3.31. The van der Waals surface area contributed by atoms with E-state index in [1.54, 1.807) is 14.2 Å². The van der Waals surface area contributed by atoms with Gasteiger partial charge in [0.1, 0.15) is 11.5 Å². The maximum atomic E-state index is 6.55. The molecule has 1 aliphatic heterocycles. The van der Waals surface area contributed by atoms with Crippen LogP contribution >= 0.6 is 11.6 Å². The third-order valence-electron chi connectivity index (χ3n) is 6.15. The SMILES string of the molecule is C=C1C2=C(CCC2)C(c2cc(OC)cc(OC)c2)=NN1c1c(C)cccc1Cl.CC.CCC(C)C. The molecule has 190 valence electrons. The van der Waals surface area contributed by atoms with E-state index in [2.05, 4.69) is 27.4 Å². The summed E-state index contributed by atoms with van der Waals surface area (Å²) in [6.07, 6.45) is 4.38. The largest absolute Gasteiger partial charge is 0.497 e. The average molecular weight is 497 g/mol. The molecule has 2 aromatic rings. The number of hydrogen-bond acceptors (Lipinski definition) is 4. The molecular formula is C30H41ClN2O2. The summed E-state index contributed by atoms with van der Waals surface area (Å²) in [5, 5.41) is 7.57. The lowest BCUT2D eigenvalue weighted by atomic mass is 9.96. The Morgan fingerprint density at radius 3 is 2.11 bits per heavy atom. The first-order chi connectivity index (χ1) is 16.8. The molecule has 0 spiro atoms. The molecule has 0 unspecified atom stereocenters. The van der Waals surface area contributed by atoms with Crippen LogP contribution in [0.1, 0.15) is 71.4 Å². The van der Waals surface area contributed by atoms with Crippen LogP contribution < -0.4 is 14.5 Å². The molecule has 0 amide bonds. The number of rotatable bonds is 5. The van der Waals surface area contributed by atoms with E-state index in [-0.39, 0.29) is 0 Å². The van der Waals surface area contributed by atoms with Crippen LogP contribution in [0.4, 0.5) is 5.69 Å². The normalized spacial score (nSPS) is 14.5. The zero-order chi connectivity index (χ0) is 26.1. The smallest absolute Gasteiger partial charge is 0.123 e. The van der Waals surface area contributed by atoms with Crippen LogP contribution in [0.15, 0.2) is 64.9 Å². The standard InChI is InChI=1S/C23H23ClN2O2.C5H12.C2H6/c1-14-7-5-10-21(24)23(14)26-15(2)19-8-6-9-20(19)22(25-26)16-11-17(27-3)13-18(12-16)28-4;1-4-5(2)3;1-2/h5,7,10-13H,2,6,8-9H2,1,3-4H3;5H,4H2,1-3H3;1-2H3. The fourth-order valence-electron chi connectivity index (χ4n) is 3.92. The Hall–Kier alpha value is -2.72. The van der Waals surface area contributed by atoms with Gasteiger partial charge in [0, 0.05) is 11.6 Å². The molecule has 0 fully saturated rings. The number of benzene rings is 2. The van der Waals surface area contributed by atoms with Crippen LogP contribution in [0, 0.1) is 12.8 Å². The second-order valence-electron chi connectivity index (χ2n) is 8.83. The van der Waals surface area contributed by atoms with Crippen molar-refractivity contribution >= 4 is 23.0 Å². The third kappa shape index (κ3) is 6.70. The molecule has 4 nitrogen and oxygen atoms in total. The number of para-hydroxylation sites is 1. The molecule has 2 aromatic carbocycles. The highest BCUT2D eigenvalue weighted by molar-refractivity contribution is 6.33. The van der Waals surface area contributed by atoms with E-state index < -0.39 is 0 Å². The maximum absolute atomic E-state index is 6.55. The third-order valence-corrected chi connectivity index (χ3v) is 6.45. The monoisotopic (exact) mass is 496 g/mol. The number of ether oxygens (including phenoxy) is 2. The van der Waals surface area contributed by atoms with Crippen molar-refractivity contribution in [1.82, 2.24) is 0 Å². The number of hydrogen-bond donors (Lipinski definition) is 0. The van der Waals surface area contributed by atoms with Crippen molar-refractivity contribution in [2.24, 2.45) is 11.0 Å². The highest BCUT2D eigenvalue weighted by atomic mass is 35.5. The zero-order valence-corrected chi connectivity index (χ0v) is 23.4. The summed E-state index contributed by atoms with van der Waals surface area (Å²) in [5.74, 6) is 2.36. The van der Waals surface area contributed by atoms with Crippen LogP contribution in [0.25, 0.3) is 0 Å². The molecule has 0 atom stereocenters. The Kier molecular flexibility index (Phi) is 10.9. The molecule has 35 heavy (non-hydrogen) atoms. The number of aryl methyl sites for hydroxylation is 1. The van der Waals surface area contributed by atoms with Gasteiger partial charge in [-0.3, -0.25) is 0 Å². The number of allylic oxidation sites excluding steroid dienone is 2. The van der Waals surface area contributed by atoms with Crippen molar-refractivity contribution in [3.63, 3.8) is 0 Å². The minimum Gasteiger partial charge on any atom is -0.497 e. The predicted molar refractivity (Wildman–Crippen MR) is 151 cm³/mol. The van der Waals surface area contributed by atoms with Crippen molar-refractivity contribution in [3.8, 4) is 11.5 Å². The lowest BCUT2D eigenvalue weighted by molar-refractivity contribution is 0.394. The van der Waals surface area contributed by atoms with Crippen LogP contribution in [-0.4, -0.2) is 19.9 Å². The Bertz CT molecular complexity index is 1040. The lowest BCUT2D eigenvalue weighted by Crippen LogP contribution is -2.26. The Morgan fingerprint density at radius 1 is 1.03 bits per heavy atom. The van der Waals surface area contributed by atoms with Crippen LogP contribution in [0.3, 0.4) is 0 Å². The van der Waals surface area contributed by atoms with E-state index in [0.717, 1.165) is 64.9 Å². The van der Waals surface area contributed by atoms with Gasteiger partial charge in [-0.2, -0.15) is 5.10 Å². The molecule has 0 saturated carbocycles. The van der Waals surface area contributed by atoms with Crippen LogP contribution in [0.5, 0.6) is 11.5 Å². The molecule has 1 aliphatic carbocycles. The van der Waals surface area contributed by atoms with E-state index in [9.17, 15) is 0 Å². The van der Waals surface area contributed by atoms with Crippen molar-refractivity contribution < 1.29 is 9.47 Å². The number of anilines is 1. The number of halogens is 1. The molecule has 4 rings (SSSR count). The van der Waals surface area contributed by atoms with Gasteiger partial charge in [0.15, 0.2) is 0 Å². The van der Waals surface area contributed by atoms with Gasteiger partial charge in [-0.05, 0) is 67.0 Å². The molecule has 0 bridgehead atoms. The minimum atomic E-state index is 0.662. The molecular weight excluding hydrogens is 456 g/mol. The number of methoxy groups -OCH3 is 2. The Morgan fingerprint density at radius 2 is 1.60 bits per heavy atom. The zero-order valence-electron chi connectivity index (χ0n) is 22.7. The molecule has 2 aliphatic rings. The molecule has 0 N–H and O–H groups in total. The minimum absolute atomic E-state index is 0.662. The van der Waals surface area contributed by atoms with Gasteiger partial charge in [0.05, 0.1) is 36.3 Å². The fourth-order valence-corrected chi connectivity index (χ4v) is 4.23. The first kappa shape index (κ1) is 28.5. The lowest BCUT2D eigenvalue weighted by Gasteiger charge is -2.31. The van der Waals surface area contributed by atoms with Gasteiger partial charge >= 0.3 is 0 Å². The van der Waals surface area contributed by atoms with Crippen molar-refractivity contribution in [2.75, 3.05) is 19.2 Å². The van der Waals surface area contributed by atoms with E-state index >= 15 is 0 Å². The van der Waals surface area contributed by atoms with Gasteiger partial charge < -0.3 is 9.47 Å². The maximum Gasteiger partial charge on any atom is 0.123 e. The van der Waals surface area contributed by atoms with Gasteiger partial charge in [-0.15, -0.1) is 0 Å². The van der Waals surface area contributed by atoms with Crippen molar-refractivity contribution in [2.45, 2.75) is 67.2 Å². The summed E-state index contributed by atoms with van der Waals surface area (Å²) in [6.45, 7) is 17.0. The van der Waals surface area contributed by atoms with E-state index in [0.29, 0.717) is 5.02 Å². The van der Waals surface area contributed by atoms with E-state index in [1.165, 1.54) is 17.6 Å². The summed E-state index contributed by atoms with van der Waals surface area (Å²) in [4.78, 5) is 0. The van der Waals surface area contributed by atoms with Crippen LogP contribution in [-0.2, 0) is 0 Å². The first-order valence-corrected chi connectivity index (χ1v) is 13.0. The van der Waals surface area contributed by atoms with Crippen LogP contribution in [0.2, 0.25) is 5.02 Å². The topological polar surface area (TPSA) is 34.1 Å². The van der Waals surface area contributed by atoms with E-state index in [1.807, 2.05) is 62.2 Å². The van der Waals surface area contributed by atoms with E-state index in [4.69, 9.17) is 26.2 Å². The van der Waals surface area contributed by atoms with Gasteiger partial charge in [-0.25, -0.2) is 5.01 Å². The predicted octanol–water partition coefficient (Wildman–Crippen LogP) is 8.96. The molecule has 1 heterocycles. The quantitative estimate of drug-likeness (QED) is 0.414.